The molecule has 0 atom stereocenters. The molecule has 0 bridgehead atoms. The Morgan fingerprint density at radius 2 is 1.85 bits per heavy atom. The van der Waals surface area contributed by atoms with Crippen LogP contribution in [0.25, 0.3) is 22.3 Å². The molecule has 0 aliphatic heterocycles. The molecule has 0 aliphatic carbocycles. The van der Waals surface area contributed by atoms with E-state index in [1.54, 1.807) is 6.20 Å². The predicted molar refractivity (Wildman–Crippen MR) is 79.8 cm³/mol. The molecule has 20 heavy (non-hydrogen) atoms. The average molecular weight is 267 g/mol. The highest BCUT2D eigenvalue weighted by Crippen LogP contribution is 2.36. The summed E-state index contributed by atoms with van der Waals surface area (Å²) < 4.78 is 1.96. The Hall–Kier alpha value is -2.36. The molecule has 3 rings (SSSR count). The van der Waals surface area contributed by atoms with Crippen LogP contribution in [0.15, 0.2) is 24.4 Å². The Morgan fingerprint density at radius 3 is 2.60 bits per heavy atom. The Balaban J connectivity index is 2.38. The molecule has 2 aromatic heterocycles. The van der Waals surface area contributed by atoms with Gasteiger partial charge in [-0.25, -0.2) is 9.97 Å². The smallest absolute Gasteiger partial charge is 0.160 e. The van der Waals surface area contributed by atoms with Gasteiger partial charge >= 0.3 is 0 Å². The van der Waals surface area contributed by atoms with Crippen LogP contribution >= 0.6 is 0 Å². The maximum atomic E-state index is 10.4. The summed E-state index contributed by atoms with van der Waals surface area (Å²) in [6.07, 6.45) is 1.76. The fourth-order valence-corrected chi connectivity index (χ4v) is 2.57. The zero-order chi connectivity index (χ0) is 14.4. The fraction of sp³-hybridized carbons (Fsp3) is 0.250. The zero-order valence-corrected chi connectivity index (χ0v) is 12.1. The van der Waals surface area contributed by atoms with Crippen molar-refractivity contribution in [3.63, 3.8) is 0 Å². The molecule has 0 fully saturated rings. The first-order chi connectivity index (χ1) is 9.49. The van der Waals surface area contributed by atoms with Crippen molar-refractivity contribution in [3.05, 3.63) is 41.3 Å². The lowest BCUT2D eigenvalue weighted by atomic mass is 9.99. The lowest BCUT2D eigenvalue weighted by molar-refractivity contribution is 0.473. The van der Waals surface area contributed by atoms with Gasteiger partial charge in [-0.15, -0.1) is 0 Å². The lowest BCUT2D eigenvalue weighted by Crippen LogP contribution is -1.92. The van der Waals surface area contributed by atoms with Gasteiger partial charge in [0.1, 0.15) is 17.1 Å². The summed E-state index contributed by atoms with van der Waals surface area (Å²) in [6.45, 7) is 5.89. The number of pyridine rings is 1. The SMILES string of the molecule is Cc1cc(C)c(O)c(-c2ccnc3c2nc(C)n3C)c1. The minimum absolute atomic E-state index is 0.311. The molecule has 102 valence electrons. The number of fused-ring (bicyclic) bond motifs is 1. The summed E-state index contributed by atoms with van der Waals surface area (Å²) >= 11 is 0. The van der Waals surface area contributed by atoms with Crippen LogP contribution in [0.4, 0.5) is 0 Å². The number of phenols is 1. The van der Waals surface area contributed by atoms with Crippen molar-refractivity contribution in [1.29, 1.82) is 0 Å². The summed E-state index contributed by atoms with van der Waals surface area (Å²) in [5, 5.41) is 10.4. The minimum atomic E-state index is 0.311. The summed E-state index contributed by atoms with van der Waals surface area (Å²) in [5.74, 6) is 1.22. The van der Waals surface area contributed by atoms with E-state index in [0.29, 0.717) is 5.75 Å². The van der Waals surface area contributed by atoms with E-state index in [4.69, 9.17) is 0 Å². The maximum absolute atomic E-state index is 10.4. The molecule has 0 spiro atoms. The molecule has 0 saturated carbocycles. The Morgan fingerprint density at radius 1 is 1.10 bits per heavy atom. The van der Waals surface area contributed by atoms with Gasteiger partial charge in [0.25, 0.3) is 0 Å². The third kappa shape index (κ3) is 1.76. The first kappa shape index (κ1) is 12.7. The standard InChI is InChI=1S/C16H17N3O/c1-9-7-10(2)15(20)13(8-9)12-5-6-17-16-14(12)18-11(3)19(16)4/h5-8,20H,1-4H3. The van der Waals surface area contributed by atoms with E-state index in [1.807, 2.05) is 50.6 Å². The molecule has 0 saturated heterocycles. The van der Waals surface area contributed by atoms with Gasteiger partial charge in [0.15, 0.2) is 5.65 Å². The Labute approximate surface area is 117 Å². The van der Waals surface area contributed by atoms with Crippen molar-refractivity contribution in [2.24, 2.45) is 7.05 Å². The van der Waals surface area contributed by atoms with Crippen LogP contribution < -0.4 is 0 Å². The third-order valence-electron chi connectivity index (χ3n) is 3.72. The number of benzene rings is 1. The molecular formula is C16H17N3O. The van der Waals surface area contributed by atoms with Gasteiger partial charge in [-0.05, 0) is 44.0 Å². The second kappa shape index (κ2) is 4.34. The van der Waals surface area contributed by atoms with Crippen molar-refractivity contribution >= 4 is 11.2 Å². The van der Waals surface area contributed by atoms with E-state index in [-0.39, 0.29) is 0 Å². The molecule has 4 heteroatoms. The van der Waals surface area contributed by atoms with E-state index >= 15 is 0 Å². The van der Waals surface area contributed by atoms with E-state index < -0.39 is 0 Å². The molecular weight excluding hydrogens is 250 g/mol. The summed E-state index contributed by atoms with van der Waals surface area (Å²) in [6, 6.07) is 5.87. The Bertz CT molecular complexity index is 818. The van der Waals surface area contributed by atoms with Gasteiger partial charge in [-0.2, -0.15) is 0 Å². The second-order valence-electron chi connectivity index (χ2n) is 5.23. The van der Waals surface area contributed by atoms with Crippen molar-refractivity contribution < 1.29 is 5.11 Å². The lowest BCUT2D eigenvalue weighted by Gasteiger charge is -2.09. The zero-order valence-electron chi connectivity index (χ0n) is 12.1. The van der Waals surface area contributed by atoms with Crippen LogP contribution in [0, 0.1) is 20.8 Å². The second-order valence-corrected chi connectivity index (χ2v) is 5.23. The number of phenolic OH excluding ortho intramolecular Hbond substituents is 1. The normalized spacial score (nSPS) is 11.2. The molecule has 1 aromatic carbocycles. The van der Waals surface area contributed by atoms with Crippen LogP contribution in [0.3, 0.4) is 0 Å². The number of hydrogen-bond donors (Lipinski definition) is 1. The molecule has 0 radical (unpaired) electrons. The molecule has 0 aliphatic rings. The number of aromatic nitrogens is 3. The number of nitrogens with zero attached hydrogens (tertiary/aromatic N) is 3. The number of aromatic hydroxyl groups is 1. The quantitative estimate of drug-likeness (QED) is 0.736. The van der Waals surface area contributed by atoms with E-state index in [2.05, 4.69) is 9.97 Å². The molecule has 3 aromatic rings. The fourth-order valence-electron chi connectivity index (χ4n) is 2.57. The topological polar surface area (TPSA) is 50.9 Å². The molecule has 0 amide bonds. The highest BCUT2D eigenvalue weighted by atomic mass is 16.3. The maximum Gasteiger partial charge on any atom is 0.160 e. The predicted octanol–water partition coefficient (Wildman–Crippen LogP) is 3.27. The first-order valence-corrected chi connectivity index (χ1v) is 6.57. The molecule has 1 N–H and O–H groups in total. The molecule has 4 nitrogen and oxygen atoms in total. The number of aryl methyl sites for hydroxylation is 4. The van der Waals surface area contributed by atoms with Gasteiger partial charge in [-0.1, -0.05) is 6.07 Å². The van der Waals surface area contributed by atoms with E-state index in [1.165, 1.54) is 0 Å². The van der Waals surface area contributed by atoms with E-state index in [9.17, 15) is 5.11 Å². The largest absolute Gasteiger partial charge is 0.507 e. The Kier molecular flexibility index (Phi) is 2.74. The highest BCUT2D eigenvalue weighted by molar-refractivity contribution is 5.92. The highest BCUT2D eigenvalue weighted by Gasteiger charge is 2.15. The summed E-state index contributed by atoms with van der Waals surface area (Å²) in [4.78, 5) is 8.96. The van der Waals surface area contributed by atoms with Crippen molar-refractivity contribution in [3.8, 4) is 16.9 Å². The number of rotatable bonds is 1. The van der Waals surface area contributed by atoms with Crippen LogP contribution in [-0.4, -0.2) is 19.6 Å². The van der Waals surface area contributed by atoms with Crippen molar-refractivity contribution in [2.45, 2.75) is 20.8 Å². The molecule has 0 unspecified atom stereocenters. The molecule has 2 heterocycles. The average Bonchev–Trinajstić information content (AvgIpc) is 2.70. The summed E-state index contributed by atoms with van der Waals surface area (Å²) in [7, 11) is 1.95. The van der Waals surface area contributed by atoms with Crippen molar-refractivity contribution in [2.75, 3.05) is 0 Å². The van der Waals surface area contributed by atoms with E-state index in [0.717, 1.165) is 39.2 Å². The number of imidazole rings is 1. The van der Waals surface area contributed by atoms with Crippen LogP contribution in [0.1, 0.15) is 17.0 Å². The van der Waals surface area contributed by atoms with Gasteiger partial charge in [-0.3, -0.25) is 0 Å². The van der Waals surface area contributed by atoms with Crippen LogP contribution in [-0.2, 0) is 7.05 Å². The summed E-state index contributed by atoms with van der Waals surface area (Å²) in [5.41, 5.74) is 5.38. The third-order valence-corrected chi connectivity index (χ3v) is 3.72. The first-order valence-electron chi connectivity index (χ1n) is 6.57. The minimum Gasteiger partial charge on any atom is -0.507 e. The van der Waals surface area contributed by atoms with Gasteiger partial charge in [0.05, 0.1) is 0 Å². The van der Waals surface area contributed by atoms with Gasteiger partial charge < -0.3 is 9.67 Å². The van der Waals surface area contributed by atoms with Gasteiger partial charge in [0, 0.05) is 24.4 Å². The number of hydrogen-bond acceptors (Lipinski definition) is 3. The van der Waals surface area contributed by atoms with Gasteiger partial charge in [0.2, 0.25) is 0 Å². The van der Waals surface area contributed by atoms with Crippen molar-refractivity contribution in [1.82, 2.24) is 14.5 Å². The van der Waals surface area contributed by atoms with Crippen LogP contribution in [0.5, 0.6) is 5.75 Å². The monoisotopic (exact) mass is 267 g/mol. The van der Waals surface area contributed by atoms with Crippen LogP contribution in [0.2, 0.25) is 0 Å².